The van der Waals surface area contributed by atoms with Gasteiger partial charge in [0.1, 0.15) is 5.02 Å². The van der Waals surface area contributed by atoms with Gasteiger partial charge in [0.25, 0.3) is 15.7 Å². The van der Waals surface area contributed by atoms with E-state index in [0.717, 1.165) is 23.6 Å². The number of nitrogens with zero attached hydrogens (tertiary/aromatic N) is 2. The molecule has 0 radical (unpaired) electrons. The molecule has 2 aromatic rings. The monoisotopic (exact) mass is 365 g/mol. The van der Waals surface area contributed by atoms with Gasteiger partial charge in [-0.25, -0.2) is 0 Å². The maximum absolute atomic E-state index is 12.3. The van der Waals surface area contributed by atoms with Gasteiger partial charge in [0, 0.05) is 11.6 Å². The molecular formula is C15H12ClN3O4S. The highest BCUT2D eigenvalue weighted by atomic mass is 35.5. The summed E-state index contributed by atoms with van der Waals surface area (Å²) in [4.78, 5) is 12.0. The number of fused-ring (bicyclic) bond motifs is 1. The highest BCUT2D eigenvalue weighted by Crippen LogP contribution is 2.27. The molecule has 0 fully saturated rings. The summed E-state index contributed by atoms with van der Waals surface area (Å²) in [6, 6.07) is 10.9. The average molecular weight is 366 g/mol. The van der Waals surface area contributed by atoms with Crippen molar-refractivity contribution < 1.29 is 13.3 Å². The largest absolute Gasteiger partial charge is 0.289 e. The van der Waals surface area contributed by atoms with Crippen LogP contribution in [0.25, 0.3) is 0 Å². The second-order valence-corrected chi connectivity index (χ2v) is 7.25. The van der Waals surface area contributed by atoms with Crippen LogP contribution in [0.3, 0.4) is 0 Å². The molecule has 24 heavy (non-hydrogen) atoms. The van der Waals surface area contributed by atoms with Gasteiger partial charge in [0.15, 0.2) is 0 Å². The topological polar surface area (TPSA) is 102 Å². The zero-order valence-corrected chi connectivity index (χ0v) is 13.8. The van der Waals surface area contributed by atoms with Crippen LogP contribution in [0.4, 0.5) is 5.69 Å². The van der Waals surface area contributed by atoms with E-state index in [1.165, 1.54) is 12.1 Å². The maximum atomic E-state index is 12.3. The predicted octanol–water partition coefficient (Wildman–Crippen LogP) is 2.88. The van der Waals surface area contributed by atoms with Crippen molar-refractivity contribution in [2.24, 2.45) is 5.10 Å². The molecular weight excluding hydrogens is 354 g/mol. The Morgan fingerprint density at radius 2 is 1.92 bits per heavy atom. The number of halogens is 1. The summed E-state index contributed by atoms with van der Waals surface area (Å²) in [5, 5.41) is 14.7. The van der Waals surface area contributed by atoms with Gasteiger partial charge in [-0.2, -0.15) is 18.4 Å². The van der Waals surface area contributed by atoms with Crippen molar-refractivity contribution in [3.63, 3.8) is 0 Å². The quantitative estimate of drug-likeness (QED) is 0.664. The van der Waals surface area contributed by atoms with Crippen LogP contribution in [0.5, 0.6) is 0 Å². The van der Waals surface area contributed by atoms with E-state index in [9.17, 15) is 18.5 Å². The first-order chi connectivity index (χ1) is 11.4. The Morgan fingerprint density at radius 1 is 1.17 bits per heavy atom. The average Bonchev–Trinajstić information content (AvgIpc) is 2.96. The molecule has 0 spiro atoms. The molecule has 0 heterocycles. The van der Waals surface area contributed by atoms with Crippen molar-refractivity contribution in [3.05, 3.63) is 68.7 Å². The van der Waals surface area contributed by atoms with E-state index in [1.807, 2.05) is 24.3 Å². The molecule has 0 atom stereocenters. The van der Waals surface area contributed by atoms with Crippen molar-refractivity contribution >= 4 is 33.0 Å². The molecule has 9 heteroatoms. The first-order valence-corrected chi connectivity index (χ1v) is 8.85. The van der Waals surface area contributed by atoms with Gasteiger partial charge < -0.3 is 0 Å². The van der Waals surface area contributed by atoms with Crippen LogP contribution in [-0.4, -0.2) is 19.1 Å². The van der Waals surface area contributed by atoms with E-state index in [0.29, 0.717) is 12.1 Å². The summed E-state index contributed by atoms with van der Waals surface area (Å²) in [5.74, 6) is 0. The number of hydrogen-bond donors (Lipinski definition) is 1. The van der Waals surface area contributed by atoms with E-state index in [-0.39, 0.29) is 9.92 Å². The van der Waals surface area contributed by atoms with E-state index in [1.54, 1.807) is 0 Å². The molecule has 1 N–H and O–H groups in total. The minimum absolute atomic E-state index is 0.130. The van der Waals surface area contributed by atoms with Gasteiger partial charge in [-0.05, 0) is 30.5 Å². The molecule has 2 aromatic carbocycles. The second kappa shape index (κ2) is 6.21. The van der Waals surface area contributed by atoms with Gasteiger partial charge in [-0.15, -0.1) is 0 Å². The summed E-state index contributed by atoms with van der Waals surface area (Å²) in [6.45, 7) is 0. The number of hydrogen-bond acceptors (Lipinski definition) is 5. The van der Waals surface area contributed by atoms with Crippen LogP contribution in [0, 0.1) is 10.1 Å². The Morgan fingerprint density at radius 3 is 2.67 bits per heavy atom. The molecule has 0 saturated heterocycles. The highest BCUT2D eigenvalue weighted by molar-refractivity contribution is 7.89. The number of nitro groups is 1. The van der Waals surface area contributed by atoms with Crippen LogP contribution < -0.4 is 4.83 Å². The smallest absolute Gasteiger partial charge is 0.258 e. The number of hydrazone groups is 1. The second-order valence-electron chi connectivity index (χ2n) is 5.18. The van der Waals surface area contributed by atoms with Crippen molar-refractivity contribution in [1.29, 1.82) is 0 Å². The van der Waals surface area contributed by atoms with Crippen molar-refractivity contribution in [1.82, 2.24) is 4.83 Å². The van der Waals surface area contributed by atoms with Gasteiger partial charge >= 0.3 is 0 Å². The number of rotatable bonds is 4. The molecule has 0 amide bonds. The van der Waals surface area contributed by atoms with Crippen molar-refractivity contribution in [2.75, 3.05) is 0 Å². The van der Waals surface area contributed by atoms with E-state index in [4.69, 9.17) is 11.6 Å². The lowest BCUT2D eigenvalue weighted by Crippen LogP contribution is -2.20. The van der Waals surface area contributed by atoms with Gasteiger partial charge in [-0.1, -0.05) is 35.9 Å². The van der Waals surface area contributed by atoms with Crippen molar-refractivity contribution in [2.45, 2.75) is 17.7 Å². The number of aryl methyl sites for hydroxylation is 1. The molecule has 0 aromatic heterocycles. The molecule has 1 aliphatic rings. The zero-order valence-electron chi connectivity index (χ0n) is 12.3. The molecule has 1 aliphatic carbocycles. The third-order valence-corrected chi connectivity index (χ3v) is 5.21. The summed E-state index contributed by atoms with van der Waals surface area (Å²) in [7, 11) is -4.02. The fourth-order valence-corrected chi connectivity index (χ4v) is 3.53. The minimum Gasteiger partial charge on any atom is -0.258 e. The predicted molar refractivity (Wildman–Crippen MR) is 89.7 cm³/mol. The van der Waals surface area contributed by atoms with Crippen LogP contribution in [0.2, 0.25) is 5.02 Å². The summed E-state index contributed by atoms with van der Waals surface area (Å²) >= 11 is 5.69. The number of nitrogens with one attached hydrogen (secondary N) is 1. The molecule has 124 valence electrons. The van der Waals surface area contributed by atoms with Gasteiger partial charge in [0.2, 0.25) is 0 Å². The van der Waals surface area contributed by atoms with Crippen LogP contribution in [-0.2, 0) is 16.4 Å². The van der Waals surface area contributed by atoms with E-state index in [2.05, 4.69) is 9.93 Å². The number of nitro benzene ring substituents is 1. The third-order valence-electron chi connectivity index (χ3n) is 3.68. The highest BCUT2D eigenvalue weighted by Gasteiger charge is 2.22. The fraction of sp³-hybridized carbons (Fsp3) is 0.133. The first-order valence-electron chi connectivity index (χ1n) is 6.99. The van der Waals surface area contributed by atoms with Gasteiger partial charge in [-0.3, -0.25) is 10.1 Å². The summed E-state index contributed by atoms with van der Waals surface area (Å²) in [5.41, 5.74) is 2.18. The number of benzene rings is 2. The lowest BCUT2D eigenvalue weighted by atomic mass is 10.1. The molecule has 7 nitrogen and oxygen atoms in total. The molecule has 3 rings (SSSR count). The molecule has 0 unspecified atom stereocenters. The van der Waals surface area contributed by atoms with Gasteiger partial charge in [0.05, 0.1) is 15.5 Å². The SMILES string of the molecule is O=[N+]([O-])c1cc(S(=O)(=O)NN=C2CCc3ccccc32)ccc1Cl. The first kappa shape index (κ1) is 16.4. The van der Waals surface area contributed by atoms with Crippen LogP contribution in [0.1, 0.15) is 17.5 Å². The van der Waals surface area contributed by atoms with E-state index >= 15 is 0 Å². The fourth-order valence-electron chi connectivity index (χ4n) is 2.49. The van der Waals surface area contributed by atoms with Crippen LogP contribution in [0.15, 0.2) is 52.5 Å². The Hall–Kier alpha value is -2.45. The molecule has 0 bridgehead atoms. The lowest BCUT2D eigenvalue weighted by Gasteiger charge is -2.06. The number of sulfonamides is 1. The minimum atomic E-state index is -4.02. The Bertz CT molecular complexity index is 957. The Balaban J connectivity index is 1.89. The Labute approximate surface area is 143 Å². The standard InChI is InChI=1S/C15H12ClN3O4S/c16-13-7-6-11(9-15(13)19(20)21)24(22,23)18-17-14-8-5-10-3-1-2-4-12(10)14/h1-4,6-7,9,18H,5,8H2. The lowest BCUT2D eigenvalue weighted by molar-refractivity contribution is -0.384. The van der Waals surface area contributed by atoms with E-state index < -0.39 is 20.6 Å². The normalized spacial score (nSPS) is 15.3. The summed E-state index contributed by atoms with van der Waals surface area (Å²) in [6.07, 6.45) is 1.42. The zero-order chi connectivity index (χ0) is 17.3. The molecule has 0 saturated carbocycles. The third kappa shape index (κ3) is 3.10. The molecule has 0 aliphatic heterocycles. The Kier molecular flexibility index (Phi) is 4.25. The summed E-state index contributed by atoms with van der Waals surface area (Å²) < 4.78 is 24.6. The van der Waals surface area contributed by atoms with Crippen LogP contribution >= 0.6 is 11.6 Å². The van der Waals surface area contributed by atoms with Crippen molar-refractivity contribution in [3.8, 4) is 0 Å². The maximum Gasteiger partial charge on any atom is 0.289 e.